The lowest BCUT2D eigenvalue weighted by atomic mass is 9.97. The molecule has 324 valence electrons. The molecule has 8 rings (SSSR count). The average molecular weight is 867 g/mol. The van der Waals surface area contributed by atoms with Crippen molar-refractivity contribution in [1.29, 1.82) is 0 Å². The van der Waals surface area contributed by atoms with Crippen LogP contribution in [0.25, 0.3) is 0 Å². The highest BCUT2D eigenvalue weighted by Crippen LogP contribution is 2.60. The van der Waals surface area contributed by atoms with Gasteiger partial charge < -0.3 is 30.4 Å². The van der Waals surface area contributed by atoms with E-state index in [2.05, 4.69) is 30.0 Å². The van der Waals surface area contributed by atoms with Crippen molar-refractivity contribution in [2.24, 2.45) is 41.4 Å². The van der Waals surface area contributed by atoms with Gasteiger partial charge >= 0.3 is 15.6 Å². The lowest BCUT2D eigenvalue weighted by Gasteiger charge is -2.36. The molecule has 0 aromatic carbocycles. The van der Waals surface area contributed by atoms with Gasteiger partial charge in [0, 0.05) is 0 Å². The van der Waals surface area contributed by atoms with Gasteiger partial charge in [0.25, 0.3) is 0 Å². The minimum absolute atomic E-state index is 0.00897. The van der Waals surface area contributed by atoms with Gasteiger partial charge in [-0.3, -0.25) is 37.1 Å². The summed E-state index contributed by atoms with van der Waals surface area (Å²) in [6.45, 7) is 13.8. The van der Waals surface area contributed by atoms with Gasteiger partial charge in [0.15, 0.2) is 36.1 Å². The Hall–Kier alpha value is -2.86. The van der Waals surface area contributed by atoms with Crippen molar-refractivity contribution >= 4 is 50.8 Å². The molecule has 0 radical (unpaired) electrons. The Labute approximate surface area is 333 Å². The summed E-state index contributed by atoms with van der Waals surface area (Å²) in [6.07, 6.45) is -8.20. The molecule has 8 heterocycles. The lowest BCUT2D eigenvalue weighted by Crippen LogP contribution is -2.55. The third-order valence-corrected chi connectivity index (χ3v) is 13.1. The van der Waals surface area contributed by atoms with Crippen molar-refractivity contribution in [3.8, 4) is 0 Å². The van der Waals surface area contributed by atoms with E-state index < -0.39 is 88.4 Å². The zero-order valence-corrected chi connectivity index (χ0v) is 35.1. The first-order valence-corrected chi connectivity index (χ1v) is 21.8. The average Bonchev–Trinajstić information content (AvgIpc) is 3.86. The molecule has 22 nitrogen and oxygen atoms in total. The van der Waals surface area contributed by atoms with E-state index in [1.807, 2.05) is 13.8 Å². The van der Waals surface area contributed by atoms with Crippen molar-refractivity contribution in [2.75, 3.05) is 39.8 Å². The molecule has 0 amide bonds. The van der Waals surface area contributed by atoms with Crippen LogP contribution in [0, 0.1) is 0 Å². The number of nitrogens with two attached hydrogens (primary N) is 2. The van der Waals surface area contributed by atoms with Crippen molar-refractivity contribution < 1.29 is 64.0 Å². The SMILES string of the molecule is CCOC1=NC(N)=NC2C1=NCN2[C@@H]1O[C@@H]2CO[P@@](=O)(OC(C)C)O[C@H]2[C@@]1(C)F.CCOC1=NC(N)=NC2C1=NCN2[C@@H]1O[C@@H]2CO[P@](=O)(OC(C)C)O[C@H]2[C@@]1(C)F. The second-order valence-electron chi connectivity index (χ2n) is 15.0. The van der Waals surface area contributed by atoms with Gasteiger partial charge in [0.05, 0.1) is 52.0 Å². The standard InChI is InChI=1S/2C16H25FN5O6P/c2*1-5-24-13-10-12(20-15(18)21-13)22(7-19-10)14-16(4,17)11-9(26-14)6-25-29(23,28-11)27-8(2)3/h2*8-9,11-12,14H,5-7H2,1-4H3,(H2,18,20)/t9-,11-,12?,14-,16-,29+;9-,11-,12?,14-,16-,29-/m11/s1. The molecule has 4 saturated heterocycles. The Kier molecular flexibility index (Phi) is 12.1. The van der Waals surface area contributed by atoms with Crippen molar-refractivity contribution in [3.63, 3.8) is 0 Å². The van der Waals surface area contributed by atoms with Crippen LogP contribution in [0.15, 0.2) is 30.0 Å². The molecule has 0 aliphatic carbocycles. The number of ether oxygens (including phenoxy) is 4. The molecule has 4 N–H and O–H groups in total. The van der Waals surface area contributed by atoms with Gasteiger partial charge in [0.1, 0.15) is 35.8 Å². The number of fused-ring (bicyclic) bond motifs is 4. The van der Waals surface area contributed by atoms with E-state index in [1.54, 1.807) is 37.5 Å². The fourth-order valence-electron chi connectivity index (χ4n) is 7.54. The Morgan fingerprint density at radius 1 is 0.741 bits per heavy atom. The maximum absolute atomic E-state index is 15.9. The van der Waals surface area contributed by atoms with E-state index in [4.69, 9.17) is 57.6 Å². The summed E-state index contributed by atoms with van der Waals surface area (Å²) in [5.41, 5.74) is 8.45. The molecular weight excluding hydrogens is 816 g/mol. The van der Waals surface area contributed by atoms with Gasteiger partial charge in [-0.2, -0.15) is 9.98 Å². The fourth-order valence-corrected chi connectivity index (χ4v) is 10.8. The highest BCUT2D eigenvalue weighted by molar-refractivity contribution is 7.48. The van der Waals surface area contributed by atoms with Crippen LogP contribution in [0.5, 0.6) is 0 Å². The smallest absolute Gasteiger partial charge is 0.475 e. The summed E-state index contributed by atoms with van der Waals surface area (Å²) >= 11 is 0. The van der Waals surface area contributed by atoms with Crippen molar-refractivity contribution in [2.45, 2.75) is 128 Å². The number of hydrogen-bond acceptors (Lipinski definition) is 22. The van der Waals surface area contributed by atoms with Crippen molar-refractivity contribution in [1.82, 2.24) is 9.80 Å². The molecule has 0 aromatic rings. The molecule has 58 heavy (non-hydrogen) atoms. The Balaban J connectivity index is 0.000000177. The van der Waals surface area contributed by atoms with Crippen LogP contribution in [0.1, 0.15) is 55.4 Å². The molecule has 12 atom stereocenters. The highest BCUT2D eigenvalue weighted by Gasteiger charge is 2.65. The molecular formula is C32H50F2N10O12P2. The van der Waals surface area contributed by atoms with Crippen LogP contribution >= 0.6 is 15.6 Å². The lowest BCUT2D eigenvalue weighted by molar-refractivity contribution is -0.108. The molecule has 8 aliphatic heterocycles. The first kappa shape index (κ1) is 43.2. The number of phosphoric acid groups is 2. The van der Waals surface area contributed by atoms with Gasteiger partial charge in [-0.15, -0.1) is 0 Å². The first-order valence-electron chi connectivity index (χ1n) is 18.9. The largest absolute Gasteiger partial charge is 0.477 e. The molecule has 4 fully saturated rings. The monoisotopic (exact) mass is 866 g/mol. The van der Waals surface area contributed by atoms with Gasteiger partial charge in [-0.1, -0.05) is 0 Å². The Bertz CT molecular complexity index is 1770. The summed E-state index contributed by atoms with van der Waals surface area (Å²) in [7, 11) is -7.78. The molecule has 2 unspecified atom stereocenters. The van der Waals surface area contributed by atoms with Gasteiger partial charge in [0.2, 0.25) is 23.7 Å². The first-order chi connectivity index (χ1) is 27.3. The van der Waals surface area contributed by atoms with E-state index in [1.165, 1.54) is 13.8 Å². The van der Waals surface area contributed by atoms with E-state index in [0.29, 0.717) is 24.6 Å². The zero-order valence-electron chi connectivity index (χ0n) is 33.3. The topological polar surface area (TPSA) is 259 Å². The maximum Gasteiger partial charge on any atom is 0.475 e. The number of aliphatic imine (C=N–C) groups is 6. The number of phosphoric ester groups is 2. The van der Waals surface area contributed by atoms with Crippen LogP contribution in [0.2, 0.25) is 0 Å². The van der Waals surface area contributed by atoms with E-state index in [9.17, 15) is 9.13 Å². The van der Waals surface area contributed by atoms with Crippen LogP contribution < -0.4 is 11.5 Å². The maximum atomic E-state index is 15.9. The van der Waals surface area contributed by atoms with Crippen LogP contribution in [0.4, 0.5) is 8.78 Å². The zero-order chi connectivity index (χ0) is 41.9. The van der Waals surface area contributed by atoms with Crippen LogP contribution in [-0.4, -0.2) is 157 Å². The second kappa shape index (κ2) is 16.2. The summed E-state index contributed by atoms with van der Waals surface area (Å²) in [4.78, 5) is 28.7. The number of alkyl halides is 2. The van der Waals surface area contributed by atoms with Crippen molar-refractivity contribution in [3.05, 3.63) is 0 Å². The molecule has 0 saturated carbocycles. The van der Waals surface area contributed by atoms with Gasteiger partial charge in [-0.05, 0) is 55.4 Å². The highest BCUT2D eigenvalue weighted by atomic mass is 31.2. The number of halogens is 2. The summed E-state index contributed by atoms with van der Waals surface area (Å²) in [5, 5.41) is 0. The van der Waals surface area contributed by atoms with E-state index >= 15 is 8.78 Å². The summed E-state index contributed by atoms with van der Waals surface area (Å²) in [6, 6.07) is 0. The summed E-state index contributed by atoms with van der Waals surface area (Å²) < 4.78 is 112. The Morgan fingerprint density at radius 2 is 1.12 bits per heavy atom. The van der Waals surface area contributed by atoms with Crippen LogP contribution in [0.3, 0.4) is 0 Å². The predicted octanol–water partition coefficient (Wildman–Crippen LogP) is 2.38. The fraction of sp³-hybridized carbons (Fsp3) is 0.812. The minimum Gasteiger partial charge on any atom is -0.477 e. The number of nitrogens with zero attached hydrogens (tertiary/aromatic N) is 8. The Morgan fingerprint density at radius 3 is 1.47 bits per heavy atom. The summed E-state index contributed by atoms with van der Waals surface area (Å²) in [5.74, 6) is 0.542. The normalized spacial score (nSPS) is 42.2. The molecule has 8 aliphatic rings. The number of guanidine groups is 2. The van der Waals surface area contributed by atoms with Crippen LogP contribution in [-0.2, 0) is 55.2 Å². The third kappa shape index (κ3) is 8.15. The molecule has 26 heteroatoms. The molecule has 0 spiro atoms. The number of rotatable bonds is 8. The predicted molar refractivity (Wildman–Crippen MR) is 203 cm³/mol. The van der Waals surface area contributed by atoms with Gasteiger partial charge in [-0.25, -0.2) is 37.7 Å². The molecule has 0 aromatic heterocycles. The molecule has 0 bridgehead atoms. The van der Waals surface area contributed by atoms with E-state index in [0.717, 1.165) is 0 Å². The third-order valence-electron chi connectivity index (χ3n) is 9.79. The second-order valence-corrected chi connectivity index (χ2v) is 18.2. The van der Waals surface area contributed by atoms with E-state index in [-0.39, 0.29) is 50.3 Å². The minimum atomic E-state index is -3.89. The quantitative estimate of drug-likeness (QED) is 0.332. The number of hydrogen-bond donors (Lipinski definition) is 2.